The van der Waals surface area contributed by atoms with E-state index >= 15 is 0 Å². The first-order valence-electron chi connectivity index (χ1n) is 8.86. The minimum absolute atomic E-state index is 0.184. The molecule has 0 unspecified atom stereocenters. The average Bonchev–Trinajstić information content (AvgIpc) is 3.11. The smallest absolute Gasteiger partial charge is 0.270 e. The number of para-hydroxylation sites is 2. The number of aromatic nitrogens is 2. The number of pyridine rings is 1. The monoisotopic (exact) mass is 437 g/mol. The maximum Gasteiger partial charge on any atom is 0.270 e. The molecule has 0 fully saturated rings. The average molecular weight is 438 g/mol. The zero-order valence-corrected chi connectivity index (χ0v) is 16.8. The molecular formula is C21H12ClN3O4S. The van der Waals surface area contributed by atoms with Gasteiger partial charge in [-0.25, -0.2) is 13.4 Å². The molecule has 0 bridgehead atoms. The molecule has 0 aliphatic rings. The van der Waals surface area contributed by atoms with Crippen LogP contribution in [0.25, 0.3) is 38.4 Å². The third-order valence-electron chi connectivity index (χ3n) is 5.03. The van der Waals surface area contributed by atoms with Crippen LogP contribution in [0.15, 0.2) is 77.8 Å². The highest BCUT2D eigenvalue weighted by Gasteiger charge is 2.23. The number of nitro benzene ring substituents is 1. The second-order valence-corrected chi connectivity index (χ2v) is 9.29. The lowest BCUT2D eigenvalue weighted by molar-refractivity contribution is -0.384. The number of rotatable bonds is 3. The maximum absolute atomic E-state index is 12.3. The van der Waals surface area contributed by atoms with Crippen LogP contribution in [0.5, 0.6) is 0 Å². The summed E-state index contributed by atoms with van der Waals surface area (Å²) in [6.45, 7) is 0. The summed E-state index contributed by atoms with van der Waals surface area (Å²) < 4.78 is 26.2. The molecule has 9 heteroatoms. The molecular weight excluding hydrogens is 426 g/mol. The van der Waals surface area contributed by atoms with E-state index < -0.39 is 14.0 Å². The van der Waals surface area contributed by atoms with Gasteiger partial charge < -0.3 is 4.57 Å². The summed E-state index contributed by atoms with van der Waals surface area (Å²) in [4.78, 5) is 15.2. The van der Waals surface area contributed by atoms with Crippen molar-refractivity contribution < 1.29 is 13.3 Å². The second-order valence-electron chi connectivity index (χ2n) is 6.75. The van der Waals surface area contributed by atoms with Crippen LogP contribution in [0.2, 0.25) is 0 Å². The summed E-state index contributed by atoms with van der Waals surface area (Å²) >= 11 is 0. The van der Waals surface area contributed by atoms with E-state index in [1.807, 2.05) is 48.5 Å². The van der Waals surface area contributed by atoms with Crippen molar-refractivity contribution in [3.05, 3.63) is 83.0 Å². The number of benzene rings is 3. The van der Waals surface area contributed by atoms with Crippen molar-refractivity contribution in [2.75, 3.05) is 0 Å². The van der Waals surface area contributed by atoms with Gasteiger partial charge in [-0.15, -0.1) is 0 Å². The van der Waals surface area contributed by atoms with Gasteiger partial charge in [-0.1, -0.05) is 36.4 Å². The van der Waals surface area contributed by atoms with Crippen LogP contribution in [-0.2, 0) is 9.05 Å². The fraction of sp³-hybridized carbons (Fsp3) is 0. The lowest BCUT2D eigenvalue weighted by atomic mass is 10.1. The summed E-state index contributed by atoms with van der Waals surface area (Å²) in [5.41, 5.74) is 2.48. The van der Waals surface area contributed by atoms with E-state index in [9.17, 15) is 18.5 Å². The maximum atomic E-state index is 12.3. The van der Waals surface area contributed by atoms with Gasteiger partial charge in [0, 0.05) is 45.2 Å². The van der Waals surface area contributed by atoms with Gasteiger partial charge in [0.05, 0.1) is 27.2 Å². The Morgan fingerprint density at radius 3 is 2.07 bits per heavy atom. The Morgan fingerprint density at radius 2 is 1.50 bits per heavy atom. The van der Waals surface area contributed by atoms with Gasteiger partial charge in [0.15, 0.2) is 0 Å². The van der Waals surface area contributed by atoms with E-state index in [1.165, 1.54) is 24.4 Å². The van der Waals surface area contributed by atoms with Gasteiger partial charge in [-0.2, -0.15) is 0 Å². The van der Waals surface area contributed by atoms with E-state index in [2.05, 4.69) is 4.98 Å². The first-order chi connectivity index (χ1) is 14.3. The van der Waals surface area contributed by atoms with Crippen LogP contribution in [0.3, 0.4) is 0 Å². The molecule has 0 saturated carbocycles. The Hall–Kier alpha value is -3.49. The van der Waals surface area contributed by atoms with Crippen LogP contribution in [-0.4, -0.2) is 22.9 Å². The number of nitrogens with zero attached hydrogens (tertiary/aromatic N) is 3. The Balaban J connectivity index is 1.99. The normalized spacial score (nSPS) is 12.0. The fourth-order valence-electron chi connectivity index (χ4n) is 3.76. The van der Waals surface area contributed by atoms with E-state index in [-0.39, 0.29) is 16.0 Å². The van der Waals surface area contributed by atoms with Crippen molar-refractivity contribution in [2.45, 2.75) is 4.90 Å². The molecule has 148 valence electrons. The summed E-state index contributed by atoms with van der Waals surface area (Å²) in [7, 11) is 1.53. The van der Waals surface area contributed by atoms with Crippen molar-refractivity contribution in [1.29, 1.82) is 0 Å². The minimum Gasteiger partial charge on any atom is -0.314 e. The molecule has 0 aliphatic carbocycles. The quantitative estimate of drug-likeness (QED) is 0.168. The number of hydrogen-bond donors (Lipinski definition) is 0. The Bertz CT molecular complexity index is 1560. The number of fused-ring (bicyclic) bond motifs is 3. The first kappa shape index (κ1) is 18.5. The Morgan fingerprint density at radius 1 is 0.900 bits per heavy atom. The summed E-state index contributed by atoms with van der Waals surface area (Å²) in [5.74, 6) is 0. The van der Waals surface area contributed by atoms with Crippen LogP contribution in [0, 0.1) is 10.1 Å². The van der Waals surface area contributed by atoms with E-state index in [1.54, 1.807) is 4.57 Å². The number of non-ortho nitro benzene ring substituents is 1. The van der Waals surface area contributed by atoms with Gasteiger partial charge in [-0.05, 0) is 18.2 Å². The highest BCUT2D eigenvalue weighted by Crippen LogP contribution is 2.37. The Labute approximate surface area is 174 Å². The third kappa shape index (κ3) is 2.80. The minimum atomic E-state index is -4.15. The van der Waals surface area contributed by atoms with Crippen molar-refractivity contribution in [2.24, 2.45) is 0 Å². The summed E-state index contributed by atoms with van der Waals surface area (Å²) in [6.07, 6.45) is 1.41. The highest BCUT2D eigenvalue weighted by molar-refractivity contribution is 8.14. The molecule has 2 heterocycles. The molecule has 0 spiro atoms. The van der Waals surface area contributed by atoms with Crippen molar-refractivity contribution in [3.63, 3.8) is 0 Å². The zero-order valence-electron chi connectivity index (χ0n) is 15.2. The molecule has 2 aromatic heterocycles. The molecule has 7 nitrogen and oxygen atoms in total. The van der Waals surface area contributed by atoms with Gasteiger partial charge in [0.2, 0.25) is 0 Å². The predicted molar refractivity (Wildman–Crippen MR) is 116 cm³/mol. The Kier molecular flexibility index (Phi) is 4.02. The molecule has 5 rings (SSSR count). The number of halogens is 1. The molecule has 0 saturated heterocycles. The van der Waals surface area contributed by atoms with Crippen LogP contribution in [0.1, 0.15) is 0 Å². The number of nitro groups is 1. The topological polar surface area (TPSA) is 95.1 Å². The molecule has 0 aliphatic heterocycles. The van der Waals surface area contributed by atoms with Gasteiger partial charge in [0.1, 0.15) is 4.90 Å². The molecule has 3 aromatic carbocycles. The molecule has 0 radical (unpaired) electrons. The van der Waals surface area contributed by atoms with Crippen LogP contribution >= 0.6 is 10.7 Å². The lowest BCUT2D eigenvalue weighted by Crippen LogP contribution is -1.98. The highest BCUT2D eigenvalue weighted by atomic mass is 35.7. The largest absolute Gasteiger partial charge is 0.314 e. The zero-order chi connectivity index (χ0) is 21.0. The van der Waals surface area contributed by atoms with E-state index in [0.29, 0.717) is 5.52 Å². The first-order valence-corrected chi connectivity index (χ1v) is 11.2. The molecule has 0 atom stereocenters. The predicted octanol–water partition coefficient (Wildman–Crippen LogP) is 5.17. The molecule has 0 N–H and O–H groups in total. The van der Waals surface area contributed by atoms with E-state index in [0.717, 1.165) is 27.5 Å². The molecule has 5 aromatic rings. The standard InChI is InChI=1S/C21H12ClN3O4S/c22-30(28,29)20-12-24(19-10-9-13(25(26)27)11-16(19)20)21-14-5-1-3-7-17(14)23-18-8-4-2-6-15(18)21/h1-12H. The van der Waals surface area contributed by atoms with Gasteiger partial charge in [-0.3, -0.25) is 10.1 Å². The summed E-state index contributed by atoms with van der Waals surface area (Å²) in [6, 6.07) is 19.1. The lowest BCUT2D eigenvalue weighted by Gasteiger charge is -2.13. The van der Waals surface area contributed by atoms with Crippen LogP contribution in [0.4, 0.5) is 5.69 Å². The van der Waals surface area contributed by atoms with Crippen molar-refractivity contribution in [1.82, 2.24) is 9.55 Å². The third-order valence-corrected chi connectivity index (χ3v) is 6.37. The van der Waals surface area contributed by atoms with Gasteiger partial charge in [0.25, 0.3) is 14.7 Å². The molecule has 30 heavy (non-hydrogen) atoms. The second kappa shape index (κ2) is 6.51. The summed E-state index contributed by atoms with van der Waals surface area (Å²) in [5, 5.41) is 13.0. The van der Waals surface area contributed by atoms with Crippen molar-refractivity contribution >= 4 is 58.1 Å². The van der Waals surface area contributed by atoms with E-state index in [4.69, 9.17) is 10.7 Å². The number of hydrogen-bond acceptors (Lipinski definition) is 5. The SMILES string of the molecule is O=[N+]([O-])c1ccc2c(c1)c(S(=O)(=O)Cl)cn2-c1c2ccccc2nc2ccccc12. The van der Waals surface area contributed by atoms with Crippen molar-refractivity contribution in [3.8, 4) is 5.69 Å². The van der Waals surface area contributed by atoms with Gasteiger partial charge >= 0.3 is 0 Å². The fourth-order valence-corrected chi connectivity index (χ4v) is 4.78. The molecule has 0 amide bonds. The van der Waals surface area contributed by atoms with Crippen LogP contribution < -0.4 is 0 Å².